The van der Waals surface area contributed by atoms with Crippen molar-refractivity contribution in [2.45, 2.75) is 37.9 Å². The number of unbranched alkanes of at least 4 members (excludes halogenated alkanes) is 3. The molecule has 144 valence electrons. The summed E-state index contributed by atoms with van der Waals surface area (Å²) in [5.74, 6) is -0.0604. The van der Waals surface area contributed by atoms with Crippen LogP contribution in [0.2, 0.25) is 0 Å². The molecular formula is C15H27ClN4O4S. The monoisotopic (exact) mass is 394 g/mol. The van der Waals surface area contributed by atoms with Gasteiger partial charge in [-0.1, -0.05) is 18.0 Å². The van der Waals surface area contributed by atoms with Gasteiger partial charge in [0.1, 0.15) is 12.0 Å². The van der Waals surface area contributed by atoms with Gasteiger partial charge in [-0.2, -0.15) is 4.31 Å². The number of halogens is 1. The maximum atomic E-state index is 12.3. The largest absolute Gasteiger partial charge is 0.364 e. The number of aromatic nitrogens is 1. The summed E-state index contributed by atoms with van der Waals surface area (Å²) in [5.41, 5.74) is 5.83. The molecule has 25 heavy (non-hydrogen) atoms. The van der Waals surface area contributed by atoms with Crippen LogP contribution in [0, 0.1) is 0 Å². The van der Waals surface area contributed by atoms with Crippen LogP contribution >= 0.6 is 12.4 Å². The average molecular weight is 395 g/mol. The molecule has 10 heteroatoms. The second-order valence-corrected chi connectivity index (χ2v) is 7.95. The van der Waals surface area contributed by atoms with Crippen molar-refractivity contribution in [3.8, 4) is 0 Å². The Morgan fingerprint density at radius 3 is 2.44 bits per heavy atom. The zero-order valence-corrected chi connectivity index (χ0v) is 15.9. The Bertz CT molecular complexity index is 601. The number of amides is 1. The van der Waals surface area contributed by atoms with Gasteiger partial charge >= 0.3 is 0 Å². The van der Waals surface area contributed by atoms with Gasteiger partial charge in [0.2, 0.25) is 15.9 Å². The number of carbonyl (C=O) groups excluding carboxylic acids is 1. The second-order valence-electron chi connectivity index (χ2n) is 5.98. The predicted octanol–water partition coefficient (Wildman–Crippen LogP) is 0.980. The molecule has 1 aliphatic heterocycles. The van der Waals surface area contributed by atoms with Gasteiger partial charge in [-0.05, 0) is 19.4 Å². The molecule has 2 heterocycles. The van der Waals surface area contributed by atoms with Crippen LogP contribution in [-0.2, 0) is 20.6 Å². The first-order chi connectivity index (χ1) is 11.5. The Kier molecular flexibility index (Phi) is 9.41. The molecule has 1 aromatic heterocycles. The minimum Gasteiger partial charge on any atom is -0.364 e. The molecule has 2 rings (SSSR count). The molecule has 0 spiro atoms. The van der Waals surface area contributed by atoms with Crippen molar-refractivity contribution in [2.75, 3.05) is 32.7 Å². The molecule has 1 fully saturated rings. The van der Waals surface area contributed by atoms with Crippen LogP contribution in [0.5, 0.6) is 0 Å². The lowest BCUT2D eigenvalue weighted by atomic mass is 10.1. The van der Waals surface area contributed by atoms with E-state index in [0.717, 1.165) is 25.7 Å². The van der Waals surface area contributed by atoms with E-state index in [1.807, 2.05) is 0 Å². The van der Waals surface area contributed by atoms with Crippen molar-refractivity contribution in [3.63, 3.8) is 0 Å². The Labute approximate surface area is 155 Å². The fourth-order valence-corrected chi connectivity index (χ4v) is 4.16. The van der Waals surface area contributed by atoms with Crippen LogP contribution in [0.4, 0.5) is 0 Å². The Hall–Kier alpha value is -1.16. The van der Waals surface area contributed by atoms with Gasteiger partial charge in [0, 0.05) is 38.7 Å². The van der Waals surface area contributed by atoms with Crippen LogP contribution < -0.4 is 5.73 Å². The summed E-state index contributed by atoms with van der Waals surface area (Å²) >= 11 is 0. The van der Waals surface area contributed by atoms with Crippen molar-refractivity contribution in [3.05, 3.63) is 18.0 Å². The van der Waals surface area contributed by atoms with Crippen molar-refractivity contribution in [1.29, 1.82) is 0 Å². The summed E-state index contributed by atoms with van der Waals surface area (Å²) in [7, 11) is -3.42. The Morgan fingerprint density at radius 2 is 1.84 bits per heavy atom. The smallest absolute Gasteiger partial charge is 0.222 e. The van der Waals surface area contributed by atoms with Gasteiger partial charge in [0.05, 0.1) is 5.69 Å². The first-order valence-corrected chi connectivity index (χ1v) is 9.99. The molecule has 0 aromatic carbocycles. The highest BCUT2D eigenvalue weighted by Crippen LogP contribution is 2.14. The molecule has 0 unspecified atom stereocenters. The highest BCUT2D eigenvalue weighted by molar-refractivity contribution is 7.88. The summed E-state index contributed by atoms with van der Waals surface area (Å²) in [6, 6.07) is 1.54. The minimum atomic E-state index is -3.42. The molecule has 1 aromatic rings. The molecule has 8 nitrogen and oxygen atoms in total. The maximum absolute atomic E-state index is 12.3. The molecule has 2 N–H and O–H groups in total. The number of nitrogens with two attached hydrogens (primary N) is 1. The summed E-state index contributed by atoms with van der Waals surface area (Å²) in [4.78, 5) is 13.9. The summed E-state index contributed by atoms with van der Waals surface area (Å²) in [5, 5.41) is 3.64. The fourth-order valence-electron chi connectivity index (χ4n) is 2.74. The summed E-state index contributed by atoms with van der Waals surface area (Å²) in [6.07, 6.45) is 5.80. The lowest BCUT2D eigenvalue weighted by Gasteiger charge is -2.34. The number of nitrogens with zero attached hydrogens (tertiary/aromatic N) is 3. The van der Waals surface area contributed by atoms with Gasteiger partial charge in [-0.3, -0.25) is 4.79 Å². The first kappa shape index (κ1) is 21.9. The van der Waals surface area contributed by atoms with Crippen molar-refractivity contribution >= 4 is 28.3 Å². The lowest BCUT2D eigenvalue weighted by molar-refractivity contribution is -0.132. The molecule has 1 saturated heterocycles. The lowest BCUT2D eigenvalue weighted by Crippen LogP contribution is -2.50. The Balaban J connectivity index is 0.00000312. The molecule has 1 amide bonds. The van der Waals surface area contributed by atoms with Crippen LogP contribution in [-0.4, -0.2) is 61.4 Å². The van der Waals surface area contributed by atoms with Gasteiger partial charge in [-0.25, -0.2) is 8.42 Å². The third kappa shape index (κ3) is 6.93. The topological polar surface area (TPSA) is 110 Å². The third-order valence-electron chi connectivity index (χ3n) is 4.15. The van der Waals surface area contributed by atoms with E-state index in [-0.39, 0.29) is 24.1 Å². The van der Waals surface area contributed by atoms with E-state index in [2.05, 4.69) is 9.68 Å². The van der Waals surface area contributed by atoms with E-state index in [9.17, 15) is 13.2 Å². The molecule has 1 aliphatic rings. The number of carbonyl (C=O) groups is 1. The normalized spacial score (nSPS) is 15.8. The molecule has 0 bridgehead atoms. The van der Waals surface area contributed by atoms with Crippen LogP contribution in [0.3, 0.4) is 0 Å². The molecule has 0 aliphatic carbocycles. The zero-order valence-electron chi connectivity index (χ0n) is 14.3. The van der Waals surface area contributed by atoms with E-state index >= 15 is 0 Å². The molecule has 0 radical (unpaired) electrons. The zero-order chi connectivity index (χ0) is 17.4. The van der Waals surface area contributed by atoms with Gasteiger partial charge in [-0.15, -0.1) is 12.4 Å². The number of hydrogen-bond donors (Lipinski definition) is 1. The number of hydrogen-bond acceptors (Lipinski definition) is 6. The Morgan fingerprint density at radius 1 is 1.16 bits per heavy atom. The minimum absolute atomic E-state index is 0. The highest BCUT2D eigenvalue weighted by atomic mass is 35.5. The first-order valence-electron chi connectivity index (χ1n) is 8.38. The van der Waals surface area contributed by atoms with Crippen LogP contribution in [0.15, 0.2) is 16.9 Å². The van der Waals surface area contributed by atoms with Crippen molar-refractivity contribution in [1.82, 2.24) is 14.4 Å². The second kappa shape index (κ2) is 10.7. The SMILES string of the molecule is Cl.NCCCCCCC(=O)N1CCN(S(=O)(=O)Cc2ccon2)CC1. The van der Waals surface area contributed by atoms with Crippen molar-refractivity contribution < 1.29 is 17.7 Å². The number of rotatable bonds is 9. The van der Waals surface area contributed by atoms with Crippen LogP contribution in [0.1, 0.15) is 37.8 Å². The average Bonchev–Trinajstić information content (AvgIpc) is 3.07. The van der Waals surface area contributed by atoms with E-state index in [1.165, 1.54) is 10.6 Å². The van der Waals surface area contributed by atoms with Gasteiger partial charge < -0.3 is 15.2 Å². The van der Waals surface area contributed by atoms with E-state index in [4.69, 9.17) is 5.73 Å². The summed E-state index contributed by atoms with van der Waals surface area (Å²) in [6.45, 7) is 2.25. The quantitative estimate of drug-likeness (QED) is 0.625. The van der Waals surface area contributed by atoms with E-state index in [0.29, 0.717) is 44.8 Å². The molecule has 0 saturated carbocycles. The van der Waals surface area contributed by atoms with Crippen LogP contribution in [0.25, 0.3) is 0 Å². The standard InChI is InChI=1S/C15H26N4O4S.ClH/c16-7-4-2-1-3-5-15(20)18-8-10-19(11-9-18)24(21,22)13-14-6-12-23-17-14;/h6,12H,1-5,7-11,13,16H2;1H. The van der Waals surface area contributed by atoms with Crippen molar-refractivity contribution in [2.24, 2.45) is 5.73 Å². The van der Waals surface area contributed by atoms with Gasteiger partial charge in [0.25, 0.3) is 0 Å². The number of sulfonamides is 1. The molecule has 0 atom stereocenters. The number of piperazine rings is 1. The summed E-state index contributed by atoms with van der Waals surface area (Å²) < 4.78 is 30.8. The maximum Gasteiger partial charge on any atom is 0.222 e. The van der Waals surface area contributed by atoms with Gasteiger partial charge in [0.15, 0.2) is 0 Å². The predicted molar refractivity (Wildman–Crippen MR) is 96.7 cm³/mol. The van der Waals surface area contributed by atoms with E-state index in [1.54, 1.807) is 11.0 Å². The fraction of sp³-hybridized carbons (Fsp3) is 0.733. The molecular weight excluding hydrogens is 368 g/mol. The highest BCUT2D eigenvalue weighted by Gasteiger charge is 2.29. The third-order valence-corrected chi connectivity index (χ3v) is 5.96. The van der Waals surface area contributed by atoms with E-state index < -0.39 is 10.0 Å².